The van der Waals surface area contributed by atoms with Gasteiger partial charge in [-0.2, -0.15) is 0 Å². The van der Waals surface area contributed by atoms with E-state index in [0.29, 0.717) is 28.4 Å². The van der Waals surface area contributed by atoms with Crippen LogP contribution >= 0.6 is 22.9 Å². The van der Waals surface area contributed by atoms with Crippen molar-refractivity contribution in [1.29, 1.82) is 0 Å². The molecule has 3 rings (SSSR count). The number of aromatic nitrogens is 2. The maximum atomic E-state index is 12.2. The SMILES string of the molecule is O=C(Nc1nnc(CCCCl)s1)c1cc2ccccc2oc1=O. The van der Waals surface area contributed by atoms with E-state index in [1.807, 2.05) is 0 Å². The Kier molecular flexibility index (Phi) is 4.68. The first-order chi connectivity index (χ1) is 11.2. The van der Waals surface area contributed by atoms with Gasteiger partial charge in [0, 0.05) is 17.7 Å². The minimum atomic E-state index is -0.687. The van der Waals surface area contributed by atoms with Crippen molar-refractivity contribution in [2.45, 2.75) is 12.8 Å². The van der Waals surface area contributed by atoms with Gasteiger partial charge in [-0.1, -0.05) is 29.5 Å². The average molecular weight is 350 g/mol. The van der Waals surface area contributed by atoms with Crippen molar-refractivity contribution in [3.63, 3.8) is 0 Å². The minimum Gasteiger partial charge on any atom is -0.422 e. The van der Waals surface area contributed by atoms with Gasteiger partial charge in [0.15, 0.2) is 0 Å². The van der Waals surface area contributed by atoms with Crippen LogP contribution in [0.1, 0.15) is 21.8 Å². The molecule has 2 aromatic heterocycles. The number of hydrogen-bond acceptors (Lipinski definition) is 6. The third-order valence-corrected chi connectivity index (χ3v) is 4.26. The largest absolute Gasteiger partial charge is 0.422 e. The van der Waals surface area contributed by atoms with Crippen LogP contribution in [0, 0.1) is 0 Å². The normalized spacial score (nSPS) is 10.8. The highest BCUT2D eigenvalue weighted by atomic mass is 35.5. The van der Waals surface area contributed by atoms with Crippen LogP contribution in [0.3, 0.4) is 0 Å². The number of anilines is 1. The summed E-state index contributed by atoms with van der Waals surface area (Å²) in [7, 11) is 0. The Bertz CT molecular complexity index is 906. The number of alkyl halides is 1. The fraction of sp³-hybridized carbons (Fsp3) is 0.200. The molecule has 0 fully saturated rings. The summed E-state index contributed by atoms with van der Waals surface area (Å²) >= 11 is 6.89. The zero-order valence-corrected chi connectivity index (χ0v) is 13.5. The van der Waals surface area contributed by atoms with Gasteiger partial charge in [-0.05, 0) is 18.6 Å². The first-order valence-electron chi connectivity index (χ1n) is 6.90. The summed E-state index contributed by atoms with van der Waals surface area (Å²) in [4.78, 5) is 24.2. The van der Waals surface area contributed by atoms with Gasteiger partial charge >= 0.3 is 5.63 Å². The second kappa shape index (κ2) is 6.89. The number of para-hydroxylation sites is 1. The van der Waals surface area contributed by atoms with Crippen LogP contribution in [-0.4, -0.2) is 22.0 Å². The highest BCUT2D eigenvalue weighted by Crippen LogP contribution is 2.18. The van der Waals surface area contributed by atoms with E-state index in [9.17, 15) is 9.59 Å². The molecule has 0 aliphatic rings. The zero-order chi connectivity index (χ0) is 16.2. The van der Waals surface area contributed by atoms with E-state index in [-0.39, 0.29) is 5.56 Å². The number of benzene rings is 1. The van der Waals surface area contributed by atoms with Gasteiger partial charge < -0.3 is 4.42 Å². The fourth-order valence-corrected chi connectivity index (χ4v) is 2.92. The zero-order valence-electron chi connectivity index (χ0n) is 11.9. The summed E-state index contributed by atoms with van der Waals surface area (Å²) < 4.78 is 5.15. The Hall–Kier alpha value is -2.25. The molecule has 0 aliphatic heterocycles. The Balaban J connectivity index is 1.81. The molecule has 0 unspecified atom stereocenters. The number of nitrogens with zero attached hydrogens (tertiary/aromatic N) is 2. The number of fused-ring (bicyclic) bond motifs is 1. The maximum absolute atomic E-state index is 12.2. The lowest BCUT2D eigenvalue weighted by molar-refractivity contribution is 0.102. The van der Waals surface area contributed by atoms with Crippen LogP contribution in [0.4, 0.5) is 5.13 Å². The van der Waals surface area contributed by atoms with E-state index < -0.39 is 11.5 Å². The number of aryl methyl sites for hydroxylation is 1. The fourth-order valence-electron chi connectivity index (χ4n) is 2.01. The van der Waals surface area contributed by atoms with Crippen molar-refractivity contribution in [2.24, 2.45) is 0 Å². The predicted molar refractivity (Wildman–Crippen MR) is 89.4 cm³/mol. The first kappa shape index (κ1) is 15.6. The number of amides is 1. The monoisotopic (exact) mass is 349 g/mol. The van der Waals surface area contributed by atoms with Crippen molar-refractivity contribution >= 4 is 44.9 Å². The average Bonchev–Trinajstić information content (AvgIpc) is 2.99. The lowest BCUT2D eigenvalue weighted by Gasteiger charge is -2.01. The topological polar surface area (TPSA) is 85.1 Å². The minimum absolute atomic E-state index is 0.0683. The first-order valence-corrected chi connectivity index (χ1v) is 8.25. The third kappa shape index (κ3) is 3.57. The highest BCUT2D eigenvalue weighted by Gasteiger charge is 2.15. The number of nitrogens with one attached hydrogen (secondary N) is 1. The van der Waals surface area contributed by atoms with Gasteiger partial charge in [0.1, 0.15) is 16.2 Å². The highest BCUT2D eigenvalue weighted by molar-refractivity contribution is 7.15. The Morgan fingerprint density at radius 1 is 1.30 bits per heavy atom. The van der Waals surface area contributed by atoms with Gasteiger partial charge in [0.05, 0.1) is 0 Å². The molecule has 0 saturated carbocycles. The lowest BCUT2D eigenvalue weighted by atomic mass is 10.2. The van der Waals surface area contributed by atoms with Crippen LogP contribution in [0.15, 0.2) is 39.5 Å². The lowest BCUT2D eigenvalue weighted by Crippen LogP contribution is -2.20. The van der Waals surface area contributed by atoms with Crippen molar-refractivity contribution in [3.05, 3.63) is 51.3 Å². The molecule has 3 aromatic rings. The molecule has 0 aliphatic carbocycles. The summed E-state index contributed by atoms with van der Waals surface area (Å²) in [6, 6.07) is 8.51. The van der Waals surface area contributed by atoms with Crippen LogP contribution in [0.2, 0.25) is 0 Å². The third-order valence-electron chi connectivity index (χ3n) is 3.10. The molecule has 0 saturated heterocycles. The van der Waals surface area contributed by atoms with Gasteiger partial charge in [0.2, 0.25) is 5.13 Å². The van der Waals surface area contributed by atoms with Crippen molar-refractivity contribution < 1.29 is 9.21 Å². The summed E-state index contributed by atoms with van der Waals surface area (Å²) in [5.41, 5.74) is -0.317. The van der Waals surface area contributed by atoms with E-state index in [1.54, 1.807) is 24.3 Å². The van der Waals surface area contributed by atoms with E-state index in [0.717, 1.165) is 11.4 Å². The molecule has 0 bridgehead atoms. The Labute approximate surface area is 140 Å². The van der Waals surface area contributed by atoms with E-state index in [4.69, 9.17) is 16.0 Å². The van der Waals surface area contributed by atoms with Crippen LogP contribution in [0.25, 0.3) is 11.0 Å². The molecule has 23 heavy (non-hydrogen) atoms. The second-order valence-electron chi connectivity index (χ2n) is 4.73. The van der Waals surface area contributed by atoms with Crippen LogP contribution in [0.5, 0.6) is 0 Å². The smallest absolute Gasteiger partial charge is 0.349 e. The van der Waals surface area contributed by atoms with Gasteiger partial charge in [-0.15, -0.1) is 21.8 Å². The Morgan fingerprint density at radius 3 is 2.96 bits per heavy atom. The number of hydrogen-bond donors (Lipinski definition) is 1. The predicted octanol–water partition coefficient (Wildman–Crippen LogP) is 3.07. The molecule has 2 heterocycles. The summed E-state index contributed by atoms with van der Waals surface area (Å²) in [6.07, 6.45) is 1.49. The van der Waals surface area contributed by atoms with Crippen LogP contribution in [-0.2, 0) is 6.42 Å². The number of halogens is 1. The number of carbonyl (C=O) groups is 1. The molecule has 6 nitrogen and oxygen atoms in total. The molecule has 0 atom stereocenters. The van der Waals surface area contributed by atoms with Crippen molar-refractivity contribution in [3.8, 4) is 0 Å². The standard InChI is InChI=1S/C15H12ClN3O3S/c16-7-3-6-12-18-19-15(23-12)17-13(20)10-8-9-4-1-2-5-11(9)22-14(10)21/h1-2,4-5,8H,3,6-7H2,(H,17,19,20). The van der Waals surface area contributed by atoms with E-state index >= 15 is 0 Å². The summed E-state index contributed by atoms with van der Waals surface area (Å²) in [5.74, 6) is -0.0242. The molecule has 1 N–H and O–H groups in total. The molecule has 1 aromatic carbocycles. The molecule has 0 spiro atoms. The second-order valence-corrected chi connectivity index (χ2v) is 6.17. The molecule has 118 valence electrons. The summed E-state index contributed by atoms with van der Waals surface area (Å²) in [5, 5.41) is 12.2. The number of rotatable bonds is 5. The maximum Gasteiger partial charge on any atom is 0.349 e. The van der Waals surface area contributed by atoms with Crippen molar-refractivity contribution in [2.75, 3.05) is 11.2 Å². The Morgan fingerprint density at radius 2 is 2.13 bits per heavy atom. The van der Waals surface area contributed by atoms with E-state index in [2.05, 4.69) is 15.5 Å². The van der Waals surface area contributed by atoms with Gasteiger partial charge in [-0.3, -0.25) is 10.1 Å². The van der Waals surface area contributed by atoms with Gasteiger partial charge in [0.25, 0.3) is 5.91 Å². The molecule has 0 radical (unpaired) electrons. The summed E-state index contributed by atoms with van der Waals surface area (Å²) in [6.45, 7) is 0. The van der Waals surface area contributed by atoms with Gasteiger partial charge in [-0.25, -0.2) is 4.79 Å². The quantitative estimate of drug-likeness (QED) is 0.565. The van der Waals surface area contributed by atoms with Crippen molar-refractivity contribution in [1.82, 2.24) is 10.2 Å². The molecule has 1 amide bonds. The molecule has 8 heteroatoms. The number of carbonyl (C=O) groups excluding carboxylic acids is 1. The molecular weight excluding hydrogens is 338 g/mol. The molecular formula is C15H12ClN3O3S. The van der Waals surface area contributed by atoms with E-state index in [1.165, 1.54) is 17.4 Å². The van der Waals surface area contributed by atoms with Crippen LogP contribution < -0.4 is 10.9 Å².